The lowest BCUT2D eigenvalue weighted by Gasteiger charge is -2.30. The van der Waals surface area contributed by atoms with Crippen LogP contribution in [0.1, 0.15) is 26.3 Å². The number of halogens is 1. The molecule has 1 heterocycles. The van der Waals surface area contributed by atoms with Gasteiger partial charge in [0.05, 0.1) is 5.54 Å². The first-order valence-corrected chi connectivity index (χ1v) is 7.50. The van der Waals surface area contributed by atoms with E-state index in [1.165, 1.54) is 23.1 Å². The molecule has 2 unspecified atom stereocenters. The van der Waals surface area contributed by atoms with Gasteiger partial charge >= 0.3 is 6.09 Å². The van der Waals surface area contributed by atoms with E-state index in [0.717, 1.165) is 0 Å². The maximum absolute atomic E-state index is 14.2. The Morgan fingerprint density at radius 3 is 2.78 bits per heavy atom. The fourth-order valence-corrected chi connectivity index (χ4v) is 2.83. The van der Waals surface area contributed by atoms with Crippen LogP contribution >= 0.6 is 0 Å². The Labute approximate surface area is 137 Å². The number of nitrogens with two attached hydrogens (primary N) is 1. The summed E-state index contributed by atoms with van der Waals surface area (Å²) in [7, 11) is 5.73. The maximum atomic E-state index is 14.2. The first kappa shape index (κ1) is 17.8. The topological polar surface area (TPSA) is 75.8 Å². The lowest BCUT2D eigenvalue weighted by atomic mass is 9.79. The Morgan fingerprint density at radius 1 is 1.57 bits per heavy atom. The predicted octanol–water partition coefficient (Wildman–Crippen LogP) is 0.633. The van der Waals surface area contributed by atoms with Gasteiger partial charge in [-0.05, 0) is 26.8 Å². The third-order valence-electron chi connectivity index (χ3n) is 3.99. The fraction of sp³-hybridized carbons (Fsp3) is 0.562. The van der Waals surface area contributed by atoms with Crippen molar-refractivity contribution in [1.82, 2.24) is 4.90 Å². The minimum atomic E-state index is -1.22. The fourth-order valence-electron chi connectivity index (χ4n) is 2.83. The van der Waals surface area contributed by atoms with Crippen molar-refractivity contribution in [2.45, 2.75) is 31.9 Å². The van der Waals surface area contributed by atoms with Gasteiger partial charge in [0.2, 0.25) is 0 Å². The largest absolute Gasteiger partial charge is 0.444 e. The minimum absolute atomic E-state index is 0.0491. The molecule has 2 rings (SSSR count). The van der Waals surface area contributed by atoms with Crippen LogP contribution in [0.3, 0.4) is 0 Å². The van der Waals surface area contributed by atoms with E-state index in [2.05, 4.69) is 0 Å². The van der Waals surface area contributed by atoms with Crippen molar-refractivity contribution in [2.75, 3.05) is 19.7 Å². The van der Waals surface area contributed by atoms with Crippen LogP contribution in [0.5, 0.6) is 0 Å². The molecule has 1 amide bonds. The summed E-state index contributed by atoms with van der Waals surface area (Å²) < 4.78 is 19.6. The van der Waals surface area contributed by atoms with Crippen LogP contribution in [0.4, 0.5) is 9.18 Å². The van der Waals surface area contributed by atoms with E-state index in [0.29, 0.717) is 5.46 Å². The lowest BCUT2D eigenvalue weighted by Crippen LogP contribution is -2.47. The minimum Gasteiger partial charge on any atom is -0.444 e. The number of benzene rings is 1. The van der Waals surface area contributed by atoms with Gasteiger partial charge in [-0.15, -0.1) is 0 Å². The highest BCUT2D eigenvalue weighted by Crippen LogP contribution is 2.36. The SMILES string of the molecule is [B]c1ccc(F)c(C2(N)CN(C(=O)OC(C)(C)C)CC2CO)c1. The van der Waals surface area contributed by atoms with Gasteiger partial charge in [-0.25, -0.2) is 9.18 Å². The van der Waals surface area contributed by atoms with Gasteiger partial charge in [0.15, 0.2) is 0 Å². The number of aliphatic hydroxyl groups is 1. The van der Waals surface area contributed by atoms with Gasteiger partial charge < -0.3 is 20.5 Å². The predicted molar refractivity (Wildman–Crippen MR) is 86.0 cm³/mol. The first-order valence-electron chi connectivity index (χ1n) is 7.50. The zero-order chi connectivity index (χ0) is 17.4. The molecule has 1 aromatic carbocycles. The number of ether oxygens (including phenoxy) is 1. The van der Waals surface area contributed by atoms with Crippen LogP contribution in [-0.4, -0.2) is 49.2 Å². The number of likely N-dealkylation sites (tertiary alicyclic amines) is 1. The Balaban J connectivity index is 2.31. The van der Waals surface area contributed by atoms with Crippen LogP contribution in [0.15, 0.2) is 18.2 Å². The molecule has 7 heteroatoms. The number of carbonyl (C=O) groups is 1. The summed E-state index contributed by atoms with van der Waals surface area (Å²) in [6.07, 6.45) is -0.535. The van der Waals surface area contributed by atoms with Gasteiger partial charge in [-0.1, -0.05) is 17.6 Å². The average Bonchev–Trinajstić information content (AvgIpc) is 2.78. The second-order valence-electron chi connectivity index (χ2n) is 7.02. The molecule has 3 N–H and O–H groups in total. The van der Waals surface area contributed by atoms with E-state index in [1.54, 1.807) is 20.8 Å². The van der Waals surface area contributed by atoms with E-state index >= 15 is 0 Å². The van der Waals surface area contributed by atoms with Crippen LogP contribution in [0.25, 0.3) is 0 Å². The molecule has 2 radical (unpaired) electrons. The third kappa shape index (κ3) is 3.67. The van der Waals surface area contributed by atoms with Crippen LogP contribution in [-0.2, 0) is 10.3 Å². The van der Waals surface area contributed by atoms with E-state index in [-0.39, 0.29) is 25.3 Å². The standard InChI is InChI=1S/C16H22BFN2O3/c1-15(2,3)23-14(22)20-7-10(8-21)16(19,9-20)12-6-11(17)4-5-13(12)18/h4-6,10,21H,7-9,19H2,1-3H3. The summed E-state index contributed by atoms with van der Waals surface area (Å²) >= 11 is 0. The second kappa shape index (κ2) is 6.13. The van der Waals surface area contributed by atoms with E-state index < -0.39 is 29.0 Å². The lowest BCUT2D eigenvalue weighted by molar-refractivity contribution is 0.0279. The average molecular weight is 320 g/mol. The van der Waals surface area contributed by atoms with Crippen molar-refractivity contribution in [1.29, 1.82) is 0 Å². The molecule has 23 heavy (non-hydrogen) atoms. The molecule has 0 spiro atoms. The molecule has 0 saturated carbocycles. The summed E-state index contributed by atoms with van der Waals surface area (Å²) in [6.45, 7) is 5.25. The van der Waals surface area contributed by atoms with Crippen LogP contribution in [0.2, 0.25) is 0 Å². The number of aliphatic hydroxyl groups excluding tert-OH is 1. The molecule has 1 aliphatic rings. The van der Waals surface area contributed by atoms with Crippen molar-refractivity contribution in [3.8, 4) is 0 Å². The maximum Gasteiger partial charge on any atom is 0.410 e. The van der Waals surface area contributed by atoms with E-state index in [9.17, 15) is 14.3 Å². The second-order valence-corrected chi connectivity index (χ2v) is 7.02. The van der Waals surface area contributed by atoms with Gasteiger partial charge in [-0.2, -0.15) is 0 Å². The summed E-state index contributed by atoms with van der Waals surface area (Å²) in [5.41, 5.74) is 5.10. The highest BCUT2D eigenvalue weighted by atomic mass is 19.1. The third-order valence-corrected chi connectivity index (χ3v) is 3.99. The number of hydrogen-bond donors (Lipinski definition) is 2. The molecule has 1 aliphatic heterocycles. The molecular formula is C16H22BFN2O3. The summed E-state index contributed by atoms with van der Waals surface area (Å²) in [5.74, 6) is -1.02. The van der Waals surface area contributed by atoms with Gasteiger partial charge in [0.25, 0.3) is 0 Å². The normalized spacial score (nSPS) is 24.8. The zero-order valence-corrected chi connectivity index (χ0v) is 13.7. The quantitative estimate of drug-likeness (QED) is 0.784. The van der Waals surface area contributed by atoms with Gasteiger partial charge in [0, 0.05) is 31.2 Å². The molecule has 1 aromatic rings. The molecule has 5 nitrogen and oxygen atoms in total. The monoisotopic (exact) mass is 320 g/mol. The molecule has 124 valence electrons. The Bertz CT molecular complexity index is 605. The molecule has 0 aliphatic carbocycles. The van der Waals surface area contributed by atoms with Gasteiger partial charge in [0.1, 0.15) is 19.3 Å². The number of nitrogens with zero attached hydrogens (tertiary/aromatic N) is 1. The van der Waals surface area contributed by atoms with Crippen LogP contribution in [0, 0.1) is 11.7 Å². The Kier molecular flexibility index (Phi) is 4.73. The van der Waals surface area contributed by atoms with Crippen molar-refractivity contribution in [3.05, 3.63) is 29.6 Å². The Morgan fingerprint density at radius 2 is 2.22 bits per heavy atom. The van der Waals surface area contributed by atoms with Crippen molar-refractivity contribution < 1.29 is 19.0 Å². The van der Waals surface area contributed by atoms with Crippen molar-refractivity contribution in [3.63, 3.8) is 0 Å². The van der Waals surface area contributed by atoms with E-state index in [1.807, 2.05) is 0 Å². The summed E-state index contributed by atoms with van der Waals surface area (Å²) in [6, 6.07) is 4.14. The van der Waals surface area contributed by atoms with Crippen molar-refractivity contribution in [2.24, 2.45) is 11.7 Å². The number of rotatable bonds is 2. The highest BCUT2D eigenvalue weighted by Gasteiger charge is 2.48. The van der Waals surface area contributed by atoms with Crippen LogP contribution < -0.4 is 11.2 Å². The number of carbonyl (C=O) groups excluding carboxylic acids is 1. The zero-order valence-electron chi connectivity index (χ0n) is 13.7. The molecule has 0 bridgehead atoms. The van der Waals surface area contributed by atoms with E-state index in [4.69, 9.17) is 18.3 Å². The smallest absolute Gasteiger partial charge is 0.410 e. The molecule has 2 atom stereocenters. The molecule has 1 saturated heterocycles. The summed E-state index contributed by atoms with van der Waals surface area (Å²) in [5, 5.41) is 9.64. The molecule has 1 fully saturated rings. The Hall–Kier alpha value is -1.60. The number of amides is 1. The molecular weight excluding hydrogens is 298 g/mol. The van der Waals surface area contributed by atoms with Crippen molar-refractivity contribution >= 4 is 19.4 Å². The first-order chi connectivity index (χ1) is 10.6. The summed E-state index contributed by atoms with van der Waals surface area (Å²) in [4.78, 5) is 13.6. The number of hydrogen-bond acceptors (Lipinski definition) is 4. The van der Waals surface area contributed by atoms with Gasteiger partial charge in [-0.3, -0.25) is 0 Å². The highest BCUT2D eigenvalue weighted by molar-refractivity contribution is 6.32. The molecule has 0 aromatic heterocycles.